The lowest BCUT2D eigenvalue weighted by Gasteiger charge is -2.05. The molecular formula is C14H10ClNO4. The highest BCUT2D eigenvalue weighted by Crippen LogP contribution is 2.14. The number of nitrogens with zero attached hydrogens (tertiary/aromatic N) is 1. The van der Waals surface area contributed by atoms with Gasteiger partial charge in [0.15, 0.2) is 0 Å². The van der Waals surface area contributed by atoms with Crippen LogP contribution < -0.4 is 0 Å². The highest BCUT2D eigenvalue weighted by atomic mass is 35.5. The molecule has 20 heavy (non-hydrogen) atoms. The molecule has 2 aromatic rings. The molecule has 0 unspecified atom stereocenters. The minimum Gasteiger partial charge on any atom is -0.457 e. The smallest absolute Gasteiger partial charge is 0.338 e. The predicted octanol–water partition coefficient (Wildman–Crippen LogP) is 3.61. The van der Waals surface area contributed by atoms with Gasteiger partial charge in [-0.3, -0.25) is 10.1 Å². The first kappa shape index (κ1) is 14.0. The third kappa shape index (κ3) is 3.55. The molecular weight excluding hydrogens is 282 g/mol. The van der Waals surface area contributed by atoms with Gasteiger partial charge in [-0.2, -0.15) is 0 Å². The number of nitro groups is 1. The molecule has 0 saturated heterocycles. The van der Waals surface area contributed by atoms with Crippen LogP contribution in [-0.2, 0) is 11.3 Å². The van der Waals surface area contributed by atoms with Gasteiger partial charge < -0.3 is 4.74 Å². The Kier molecular flexibility index (Phi) is 4.32. The first-order valence-corrected chi connectivity index (χ1v) is 6.10. The molecule has 0 bridgehead atoms. The lowest BCUT2D eigenvalue weighted by Crippen LogP contribution is -2.05. The fourth-order valence-electron chi connectivity index (χ4n) is 1.53. The van der Waals surface area contributed by atoms with Crippen LogP contribution >= 0.6 is 11.6 Å². The number of carbonyl (C=O) groups is 1. The van der Waals surface area contributed by atoms with E-state index in [2.05, 4.69) is 0 Å². The summed E-state index contributed by atoms with van der Waals surface area (Å²) in [5.74, 6) is -0.533. The third-order valence-electron chi connectivity index (χ3n) is 2.60. The number of halogens is 1. The molecule has 5 nitrogen and oxygen atoms in total. The SMILES string of the molecule is O=C(OCc1ccc(Cl)cc1)c1ccc([N+](=O)[O-])cc1. The molecule has 0 aliphatic heterocycles. The molecule has 0 N–H and O–H groups in total. The third-order valence-corrected chi connectivity index (χ3v) is 2.85. The Morgan fingerprint density at radius 1 is 1.10 bits per heavy atom. The average Bonchev–Trinajstić information content (AvgIpc) is 2.46. The van der Waals surface area contributed by atoms with Gasteiger partial charge in [-0.25, -0.2) is 4.79 Å². The molecule has 0 fully saturated rings. The van der Waals surface area contributed by atoms with E-state index in [1.807, 2.05) is 0 Å². The van der Waals surface area contributed by atoms with Gasteiger partial charge in [-0.05, 0) is 29.8 Å². The van der Waals surface area contributed by atoms with Gasteiger partial charge in [0.05, 0.1) is 10.5 Å². The average molecular weight is 292 g/mol. The van der Waals surface area contributed by atoms with Crippen LogP contribution in [0.25, 0.3) is 0 Å². The van der Waals surface area contributed by atoms with E-state index in [4.69, 9.17) is 16.3 Å². The van der Waals surface area contributed by atoms with Crippen molar-refractivity contribution in [2.45, 2.75) is 6.61 Å². The molecule has 6 heteroatoms. The fraction of sp³-hybridized carbons (Fsp3) is 0.0714. The highest BCUT2D eigenvalue weighted by Gasteiger charge is 2.10. The van der Waals surface area contributed by atoms with Crippen LogP contribution in [0.3, 0.4) is 0 Å². The first-order chi connectivity index (χ1) is 9.56. The zero-order chi connectivity index (χ0) is 14.5. The van der Waals surface area contributed by atoms with E-state index in [9.17, 15) is 14.9 Å². The summed E-state index contributed by atoms with van der Waals surface area (Å²) in [6.07, 6.45) is 0. The molecule has 0 amide bonds. The second kappa shape index (κ2) is 6.16. The summed E-state index contributed by atoms with van der Waals surface area (Å²) in [5.41, 5.74) is 1.01. The maximum Gasteiger partial charge on any atom is 0.338 e. The van der Waals surface area contributed by atoms with Gasteiger partial charge >= 0.3 is 5.97 Å². The quantitative estimate of drug-likeness (QED) is 0.490. The van der Waals surface area contributed by atoms with Crippen LogP contribution in [0.2, 0.25) is 5.02 Å². The first-order valence-electron chi connectivity index (χ1n) is 5.72. The number of carbonyl (C=O) groups excluding carboxylic acids is 1. The summed E-state index contributed by atoms with van der Waals surface area (Å²) >= 11 is 5.75. The maximum atomic E-state index is 11.7. The molecule has 0 saturated carbocycles. The van der Waals surface area contributed by atoms with Crippen molar-refractivity contribution in [1.29, 1.82) is 0 Å². The number of benzene rings is 2. The number of hydrogen-bond acceptors (Lipinski definition) is 4. The van der Waals surface area contributed by atoms with Crippen molar-refractivity contribution in [1.82, 2.24) is 0 Å². The molecule has 2 rings (SSSR count). The monoisotopic (exact) mass is 291 g/mol. The lowest BCUT2D eigenvalue weighted by molar-refractivity contribution is -0.384. The zero-order valence-electron chi connectivity index (χ0n) is 10.3. The Labute approximate surface area is 119 Å². The predicted molar refractivity (Wildman–Crippen MR) is 73.7 cm³/mol. The number of esters is 1. The normalized spacial score (nSPS) is 10.1. The van der Waals surface area contributed by atoms with E-state index < -0.39 is 10.9 Å². The summed E-state index contributed by atoms with van der Waals surface area (Å²) in [6, 6.07) is 12.2. The van der Waals surface area contributed by atoms with Crippen molar-refractivity contribution in [3.8, 4) is 0 Å². The highest BCUT2D eigenvalue weighted by molar-refractivity contribution is 6.30. The number of rotatable bonds is 4. The van der Waals surface area contributed by atoms with Crippen molar-refractivity contribution in [2.75, 3.05) is 0 Å². The fourth-order valence-corrected chi connectivity index (χ4v) is 1.66. The van der Waals surface area contributed by atoms with E-state index >= 15 is 0 Å². The molecule has 2 aromatic carbocycles. The van der Waals surface area contributed by atoms with Gasteiger partial charge in [0.2, 0.25) is 0 Å². The van der Waals surface area contributed by atoms with Crippen molar-refractivity contribution >= 4 is 23.3 Å². The minimum absolute atomic E-state index is 0.0701. The number of non-ortho nitro benzene ring substituents is 1. The summed E-state index contributed by atoms with van der Waals surface area (Å²) in [4.78, 5) is 21.7. The lowest BCUT2D eigenvalue weighted by atomic mass is 10.2. The topological polar surface area (TPSA) is 69.4 Å². The van der Waals surface area contributed by atoms with Crippen LogP contribution in [0.15, 0.2) is 48.5 Å². The van der Waals surface area contributed by atoms with Crippen molar-refractivity contribution in [3.63, 3.8) is 0 Å². The van der Waals surface area contributed by atoms with Crippen LogP contribution in [0.4, 0.5) is 5.69 Å². The number of hydrogen-bond donors (Lipinski definition) is 0. The molecule has 0 radical (unpaired) electrons. The summed E-state index contributed by atoms with van der Waals surface area (Å²) < 4.78 is 5.10. The maximum absolute atomic E-state index is 11.7. The van der Waals surface area contributed by atoms with Crippen LogP contribution in [0.1, 0.15) is 15.9 Å². The second-order valence-corrected chi connectivity index (χ2v) is 4.44. The van der Waals surface area contributed by atoms with Crippen molar-refractivity contribution in [2.24, 2.45) is 0 Å². The molecule has 0 aliphatic carbocycles. The number of ether oxygens (including phenoxy) is 1. The van der Waals surface area contributed by atoms with Gasteiger partial charge in [-0.15, -0.1) is 0 Å². The zero-order valence-corrected chi connectivity index (χ0v) is 11.0. The molecule has 0 aliphatic rings. The van der Waals surface area contributed by atoms with Gasteiger partial charge in [0.1, 0.15) is 6.61 Å². The molecule has 0 heterocycles. The van der Waals surface area contributed by atoms with Crippen LogP contribution in [0.5, 0.6) is 0 Å². The largest absolute Gasteiger partial charge is 0.457 e. The van der Waals surface area contributed by atoms with E-state index in [0.717, 1.165) is 5.56 Å². The van der Waals surface area contributed by atoms with E-state index in [1.54, 1.807) is 24.3 Å². The van der Waals surface area contributed by atoms with Crippen LogP contribution in [0, 0.1) is 10.1 Å². The molecule has 0 atom stereocenters. The van der Waals surface area contributed by atoms with Crippen molar-refractivity contribution in [3.05, 3.63) is 74.8 Å². The van der Waals surface area contributed by atoms with E-state index in [-0.39, 0.29) is 17.9 Å². The van der Waals surface area contributed by atoms with Gasteiger partial charge in [0, 0.05) is 17.2 Å². The Bertz CT molecular complexity index is 623. The molecule has 102 valence electrons. The summed E-state index contributed by atoms with van der Waals surface area (Å²) in [7, 11) is 0. The molecule has 0 aromatic heterocycles. The minimum atomic E-state index is -0.533. The van der Waals surface area contributed by atoms with Gasteiger partial charge in [0.25, 0.3) is 5.69 Å². The Balaban J connectivity index is 1.97. The Morgan fingerprint density at radius 3 is 2.25 bits per heavy atom. The van der Waals surface area contributed by atoms with Gasteiger partial charge in [-0.1, -0.05) is 23.7 Å². The number of nitro benzene ring substituents is 1. The summed E-state index contributed by atoms with van der Waals surface area (Å²) in [6.45, 7) is 0.118. The Morgan fingerprint density at radius 2 is 1.70 bits per heavy atom. The van der Waals surface area contributed by atoms with E-state index in [1.165, 1.54) is 24.3 Å². The standard InChI is InChI=1S/C14H10ClNO4/c15-12-5-1-10(2-6-12)9-20-14(17)11-3-7-13(8-4-11)16(18)19/h1-8H,9H2. The van der Waals surface area contributed by atoms with Crippen LogP contribution in [-0.4, -0.2) is 10.9 Å². The molecule has 0 spiro atoms. The second-order valence-electron chi connectivity index (χ2n) is 4.01. The van der Waals surface area contributed by atoms with Crippen molar-refractivity contribution < 1.29 is 14.5 Å². The summed E-state index contributed by atoms with van der Waals surface area (Å²) in [5, 5.41) is 11.1. The Hall–Kier alpha value is -2.40. The van der Waals surface area contributed by atoms with E-state index in [0.29, 0.717) is 5.02 Å².